The molecule has 0 saturated heterocycles. The summed E-state index contributed by atoms with van der Waals surface area (Å²) in [5.41, 5.74) is 4.23. The van der Waals surface area contributed by atoms with E-state index < -0.39 is 0 Å². The molecule has 0 spiro atoms. The molecule has 0 atom stereocenters. The molecule has 0 saturated carbocycles. The van der Waals surface area contributed by atoms with Gasteiger partial charge in [0.05, 0.1) is 17.5 Å². The average Bonchev–Trinajstić information content (AvgIpc) is 3.08. The van der Waals surface area contributed by atoms with Gasteiger partial charge in [-0.3, -0.25) is 4.79 Å². The molecule has 146 valence electrons. The summed E-state index contributed by atoms with van der Waals surface area (Å²) < 4.78 is 2.21. The standard InChI is InChI=1S/C24H22ClN3O/c25-20-12-10-19(11-13-20)17-28-22-9-5-4-8-21(22)27-23(28)14-15-26-24(29)16-18-6-2-1-3-7-18/h1-13H,14-17H2,(H,26,29). The highest BCUT2D eigenvalue weighted by atomic mass is 35.5. The number of hydrogen-bond donors (Lipinski definition) is 1. The second kappa shape index (κ2) is 8.93. The summed E-state index contributed by atoms with van der Waals surface area (Å²) in [5, 5.41) is 3.74. The third-order valence-corrected chi connectivity index (χ3v) is 5.12. The van der Waals surface area contributed by atoms with E-state index in [4.69, 9.17) is 16.6 Å². The topological polar surface area (TPSA) is 46.9 Å². The molecule has 0 unspecified atom stereocenters. The van der Waals surface area contributed by atoms with Crippen LogP contribution in [0.1, 0.15) is 17.0 Å². The van der Waals surface area contributed by atoms with Crippen molar-refractivity contribution < 1.29 is 4.79 Å². The van der Waals surface area contributed by atoms with Crippen molar-refractivity contribution in [2.45, 2.75) is 19.4 Å². The number of benzene rings is 3. The van der Waals surface area contributed by atoms with Crippen molar-refractivity contribution in [3.63, 3.8) is 0 Å². The summed E-state index contributed by atoms with van der Waals surface area (Å²) >= 11 is 6.02. The summed E-state index contributed by atoms with van der Waals surface area (Å²) in [6.07, 6.45) is 1.06. The zero-order valence-electron chi connectivity index (χ0n) is 16.0. The SMILES string of the molecule is O=C(Cc1ccccc1)NCCc1nc2ccccc2n1Cc1ccc(Cl)cc1. The van der Waals surface area contributed by atoms with E-state index in [-0.39, 0.29) is 5.91 Å². The number of aromatic nitrogens is 2. The van der Waals surface area contributed by atoms with Crippen molar-refractivity contribution >= 4 is 28.5 Å². The number of fused-ring (bicyclic) bond motifs is 1. The van der Waals surface area contributed by atoms with Gasteiger partial charge in [-0.2, -0.15) is 0 Å². The largest absolute Gasteiger partial charge is 0.355 e. The van der Waals surface area contributed by atoms with Crippen LogP contribution in [0.3, 0.4) is 0 Å². The Hall–Kier alpha value is -3.11. The van der Waals surface area contributed by atoms with Gasteiger partial charge in [0.2, 0.25) is 5.91 Å². The van der Waals surface area contributed by atoms with Crippen LogP contribution >= 0.6 is 11.6 Å². The van der Waals surface area contributed by atoms with Gasteiger partial charge < -0.3 is 9.88 Å². The Morgan fingerprint density at radius 2 is 1.62 bits per heavy atom. The summed E-state index contributed by atoms with van der Waals surface area (Å²) in [4.78, 5) is 17.0. The van der Waals surface area contributed by atoms with Crippen LogP contribution in [-0.4, -0.2) is 22.0 Å². The van der Waals surface area contributed by atoms with Crippen LogP contribution in [0.5, 0.6) is 0 Å². The second-order valence-corrected chi connectivity index (χ2v) is 7.43. The molecular formula is C24H22ClN3O. The maximum Gasteiger partial charge on any atom is 0.224 e. The maximum atomic E-state index is 12.2. The zero-order valence-corrected chi connectivity index (χ0v) is 16.8. The molecule has 1 amide bonds. The second-order valence-electron chi connectivity index (χ2n) is 6.99. The number of carbonyl (C=O) groups is 1. The normalized spacial score (nSPS) is 10.9. The van der Waals surface area contributed by atoms with Gasteiger partial charge in [0.25, 0.3) is 0 Å². The molecule has 0 bridgehead atoms. The van der Waals surface area contributed by atoms with Crippen LogP contribution in [0.25, 0.3) is 11.0 Å². The highest BCUT2D eigenvalue weighted by Crippen LogP contribution is 2.19. The number of nitrogens with one attached hydrogen (secondary N) is 1. The molecule has 0 fully saturated rings. The van der Waals surface area contributed by atoms with E-state index >= 15 is 0 Å². The molecule has 0 aliphatic carbocycles. The van der Waals surface area contributed by atoms with Gasteiger partial charge in [-0.1, -0.05) is 66.2 Å². The van der Waals surface area contributed by atoms with E-state index in [1.165, 1.54) is 0 Å². The lowest BCUT2D eigenvalue weighted by atomic mass is 10.1. The molecule has 3 aromatic carbocycles. The van der Waals surface area contributed by atoms with E-state index in [1.807, 2.05) is 72.8 Å². The number of para-hydroxylation sites is 2. The fourth-order valence-corrected chi connectivity index (χ4v) is 3.55. The van der Waals surface area contributed by atoms with Gasteiger partial charge >= 0.3 is 0 Å². The summed E-state index contributed by atoms with van der Waals surface area (Å²) in [6, 6.07) is 25.7. The predicted molar refractivity (Wildman–Crippen MR) is 117 cm³/mol. The molecule has 0 radical (unpaired) electrons. The molecule has 29 heavy (non-hydrogen) atoms. The lowest BCUT2D eigenvalue weighted by Crippen LogP contribution is -2.28. The molecule has 4 nitrogen and oxygen atoms in total. The fraction of sp³-hybridized carbons (Fsp3) is 0.167. The highest BCUT2D eigenvalue weighted by molar-refractivity contribution is 6.30. The van der Waals surface area contributed by atoms with Crippen molar-refractivity contribution in [1.82, 2.24) is 14.9 Å². The minimum Gasteiger partial charge on any atom is -0.355 e. The fourth-order valence-electron chi connectivity index (χ4n) is 3.42. The van der Waals surface area contributed by atoms with Gasteiger partial charge in [0, 0.05) is 24.5 Å². The van der Waals surface area contributed by atoms with Crippen molar-refractivity contribution in [1.29, 1.82) is 0 Å². The number of rotatable bonds is 7. The summed E-state index contributed by atoms with van der Waals surface area (Å²) in [5.74, 6) is 0.984. The first-order chi connectivity index (χ1) is 14.2. The number of halogens is 1. The van der Waals surface area contributed by atoms with Crippen LogP contribution in [0.4, 0.5) is 0 Å². The van der Waals surface area contributed by atoms with Crippen molar-refractivity contribution in [3.05, 3.63) is 101 Å². The predicted octanol–water partition coefficient (Wildman–Crippen LogP) is 4.64. The van der Waals surface area contributed by atoms with E-state index in [1.54, 1.807) is 0 Å². The molecule has 5 heteroatoms. The quantitative estimate of drug-likeness (QED) is 0.488. The van der Waals surface area contributed by atoms with E-state index in [9.17, 15) is 4.79 Å². The average molecular weight is 404 g/mol. The molecule has 0 aliphatic rings. The molecule has 0 aliphatic heterocycles. The molecule has 4 rings (SSSR count). The van der Waals surface area contributed by atoms with Crippen LogP contribution in [0.15, 0.2) is 78.9 Å². The van der Waals surface area contributed by atoms with Crippen molar-refractivity contribution in [3.8, 4) is 0 Å². The summed E-state index contributed by atoms with van der Waals surface area (Å²) in [6.45, 7) is 1.26. The minimum atomic E-state index is 0.0246. The number of nitrogens with zero attached hydrogens (tertiary/aromatic N) is 2. The molecule has 1 aromatic heterocycles. The van der Waals surface area contributed by atoms with E-state index in [0.29, 0.717) is 25.9 Å². The van der Waals surface area contributed by atoms with Gasteiger partial charge in [-0.05, 0) is 35.4 Å². The molecule has 1 heterocycles. The Morgan fingerprint density at radius 1 is 0.897 bits per heavy atom. The van der Waals surface area contributed by atoms with Gasteiger partial charge in [-0.25, -0.2) is 4.98 Å². The highest BCUT2D eigenvalue weighted by Gasteiger charge is 2.11. The van der Waals surface area contributed by atoms with Crippen molar-refractivity contribution in [2.24, 2.45) is 0 Å². The van der Waals surface area contributed by atoms with Gasteiger partial charge in [0.15, 0.2) is 0 Å². The third-order valence-electron chi connectivity index (χ3n) is 4.87. The Kier molecular flexibility index (Phi) is 5.92. The molecular weight excluding hydrogens is 382 g/mol. The first-order valence-corrected chi connectivity index (χ1v) is 10.1. The monoisotopic (exact) mass is 403 g/mol. The molecule has 1 N–H and O–H groups in total. The lowest BCUT2D eigenvalue weighted by Gasteiger charge is -2.10. The maximum absolute atomic E-state index is 12.2. The van der Waals surface area contributed by atoms with Crippen LogP contribution in [0, 0.1) is 0 Å². The van der Waals surface area contributed by atoms with Crippen LogP contribution in [-0.2, 0) is 24.2 Å². The Labute approximate surface area is 175 Å². The van der Waals surface area contributed by atoms with Gasteiger partial charge in [-0.15, -0.1) is 0 Å². The number of imidazole rings is 1. The van der Waals surface area contributed by atoms with Crippen LogP contribution < -0.4 is 5.32 Å². The number of hydrogen-bond acceptors (Lipinski definition) is 2. The van der Waals surface area contributed by atoms with Crippen LogP contribution in [0.2, 0.25) is 5.02 Å². The Bertz CT molecular complexity index is 1100. The first-order valence-electron chi connectivity index (χ1n) is 9.68. The summed E-state index contributed by atoms with van der Waals surface area (Å²) in [7, 11) is 0. The minimum absolute atomic E-state index is 0.0246. The smallest absolute Gasteiger partial charge is 0.224 e. The van der Waals surface area contributed by atoms with E-state index in [0.717, 1.165) is 33.0 Å². The third kappa shape index (κ3) is 4.84. The number of amides is 1. The van der Waals surface area contributed by atoms with Gasteiger partial charge in [0.1, 0.15) is 5.82 Å². The lowest BCUT2D eigenvalue weighted by molar-refractivity contribution is -0.120. The van der Waals surface area contributed by atoms with E-state index in [2.05, 4.69) is 16.0 Å². The number of carbonyl (C=O) groups excluding carboxylic acids is 1. The zero-order chi connectivity index (χ0) is 20.1. The first kappa shape index (κ1) is 19.2. The Morgan fingerprint density at radius 3 is 2.41 bits per heavy atom. The van der Waals surface area contributed by atoms with Crippen molar-refractivity contribution in [2.75, 3.05) is 6.54 Å². The Balaban J connectivity index is 1.46. The molecule has 4 aromatic rings.